The Labute approximate surface area is 504 Å². The Morgan fingerprint density at radius 3 is 1.38 bits per heavy atom. The van der Waals surface area contributed by atoms with Gasteiger partial charge in [-0.3, -0.25) is 37.3 Å². The number of hydrogen-bond acceptors (Lipinski definition) is 14. The van der Waals surface area contributed by atoms with E-state index in [9.17, 15) is 64.7 Å². The molecule has 488 valence electrons. The second kappa shape index (κ2) is 27.3. The lowest BCUT2D eigenvalue weighted by Crippen LogP contribution is -2.59. The summed E-state index contributed by atoms with van der Waals surface area (Å²) in [5.41, 5.74) is -0.228. The number of hydrogen-bond donors (Lipinski definition) is 7. The van der Waals surface area contributed by atoms with Gasteiger partial charge in [0.05, 0.1) is 30.1 Å². The SMILES string of the molecule is C[C@@H](CCC(=O)NCCS(=O)(=O)O)[C@H]1CC[C@@H]2[C@@H]3[C@@H](CC[C@]21C)[C@]1(C)CC[C@H](CC(=O)CC(=O)C[C@@H]2CC[C@@]4(C)C(C2)C[C@H](OCOP(=O)(O)O)[C@H]2[C@@H]5CC[C@H]([C@@H](C)CCC(=O)CCCS(=O)(=O)O)[C@@]5(C)CC[C@@H]24)CC1C[C@H]3OCOP(=O)(O)O. The van der Waals surface area contributed by atoms with Gasteiger partial charge in [-0.25, -0.2) is 9.13 Å². The monoisotopic (exact) mass is 1280 g/mol. The van der Waals surface area contributed by atoms with E-state index in [1.165, 1.54) is 0 Å². The van der Waals surface area contributed by atoms with Crippen LogP contribution in [0, 0.1) is 105 Å². The van der Waals surface area contributed by atoms with Crippen molar-refractivity contribution in [3.05, 3.63) is 0 Å². The minimum Gasteiger partial charge on any atom is -0.355 e. The molecule has 0 saturated heterocycles. The first-order valence-electron chi connectivity index (χ1n) is 31.9. The van der Waals surface area contributed by atoms with E-state index < -0.39 is 61.0 Å². The second-order valence-electron chi connectivity index (χ2n) is 29.3. The lowest BCUT2D eigenvalue weighted by molar-refractivity contribution is -0.199. The lowest BCUT2D eigenvalue weighted by Gasteiger charge is -2.63. The Balaban J connectivity index is 0.861. The number of ketones is 3. The molecule has 8 saturated carbocycles. The van der Waals surface area contributed by atoms with E-state index in [-0.39, 0.29) is 160 Å². The molecule has 0 aromatic carbocycles. The van der Waals surface area contributed by atoms with E-state index in [2.05, 4.69) is 46.9 Å². The van der Waals surface area contributed by atoms with Crippen molar-refractivity contribution in [3.8, 4) is 0 Å². The van der Waals surface area contributed by atoms with Gasteiger partial charge < -0.3 is 34.4 Å². The van der Waals surface area contributed by atoms with E-state index in [4.69, 9.17) is 27.6 Å². The summed E-state index contributed by atoms with van der Waals surface area (Å²) in [7, 11) is -17.9. The normalized spacial score (nSPS) is 39.0. The fraction of sp³-hybridized carbons (Fsp3) is 0.933. The van der Waals surface area contributed by atoms with Crippen molar-refractivity contribution in [2.75, 3.05) is 31.6 Å². The average molecular weight is 1280 g/mol. The van der Waals surface area contributed by atoms with Crippen LogP contribution in [0.15, 0.2) is 0 Å². The first kappa shape index (κ1) is 69.3. The summed E-state index contributed by atoms with van der Waals surface area (Å²) in [6.07, 6.45) is 16.1. The molecule has 0 heterocycles. The maximum absolute atomic E-state index is 14.0. The van der Waals surface area contributed by atoms with E-state index in [0.29, 0.717) is 56.8 Å². The third-order valence-corrected chi connectivity index (χ3v) is 27.1. The number of amides is 1. The van der Waals surface area contributed by atoms with Gasteiger partial charge in [-0.2, -0.15) is 16.8 Å². The zero-order chi connectivity index (χ0) is 62.3. The summed E-state index contributed by atoms with van der Waals surface area (Å²) in [4.78, 5) is 92.0. The van der Waals surface area contributed by atoms with Crippen LogP contribution < -0.4 is 5.32 Å². The molecule has 0 radical (unpaired) electrons. The molecule has 20 atom stereocenters. The summed E-state index contributed by atoms with van der Waals surface area (Å²) in [5.74, 6) is 1.57. The molecule has 8 rings (SSSR count). The number of phosphoric acid groups is 2. The van der Waals surface area contributed by atoms with Crippen molar-refractivity contribution in [1.82, 2.24) is 5.32 Å². The van der Waals surface area contributed by atoms with Gasteiger partial charge in [0.25, 0.3) is 20.2 Å². The Morgan fingerprint density at radius 1 is 0.541 bits per heavy atom. The standard InChI is InChI=1S/C60H101NO20P2S2/c1-37(9-11-43(62)8-7-26-84(72,73)74)46-12-14-48-55-50(19-23-59(46,48)5)57(3)21-17-39(28-41(57)32-52(55)78-35-80-82(66,67)68)30-44(63)34-45(64)31-40-18-22-58(4)42(29-40)33-53(79-36-81-83(69,70)71)56-49-15-13-47(60(49,6)24-20-51(56)58)38(2)10-16-54(65)61-25-27-85(75,76)77/h37-42,46-53,55-56H,7-36H2,1-6H3,(H,61,65)(H2,66,67,68)(H2,69,70,71)(H,72,73,74)(H,75,76,77)/t37-,38-,39+,40-,41?,42?,46+,47+,48-,49+,50-,51+,52-,53+,55-,56+,57-,58+,59+,60-/m0/s1. The summed E-state index contributed by atoms with van der Waals surface area (Å²) >= 11 is 0. The fourth-order valence-corrected chi connectivity index (χ4v) is 22.0. The summed E-state index contributed by atoms with van der Waals surface area (Å²) in [5, 5.41) is 2.60. The molecule has 7 N–H and O–H groups in total. The molecule has 0 aromatic rings. The highest BCUT2D eigenvalue weighted by atomic mass is 32.2. The first-order chi connectivity index (χ1) is 39.5. The predicted molar refractivity (Wildman–Crippen MR) is 315 cm³/mol. The summed E-state index contributed by atoms with van der Waals surface area (Å²) in [6.45, 7) is 12.6. The quantitative estimate of drug-likeness (QED) is 0.0158. The molecular weight excluding hydrogens is 1180 g/mol. The molecule has 0 bridgehead atoms. The van der Waals surface area contributed by atoms with Crippen LogP contribution in [0.5, 0.6) is 0 Å². The first-order valence-corrected chi connectivity index (χ1v) is 38.1. The van der Waals surface area contributed by atoms with Crippen molar-refractivity contribution in [2.24, 2.45) is 105 Å². The molecule has 2 unspecified atom stereocenters. The van der Waals surface area contributed by atoms with Crippen molar-refractivity contribution in [1.29, 1.82) is 0 Å². The molecule has 21 nitrogen and oxygen atoms in total. The smallest absolute Gasteiger partial charge is 0.355 e. The van der Waals surface area contributed by atoms with Crippen LogP contribution >= 0.6 is 15.6 Å². The van der Waals surface area contributed by atoms with Gasteiger partial charge >= 0.3 is 15.6 Å². The van der Waals surface area contributed by atoms with Gasteiger partial charge in [-0.1, -0.05) is 41.5 Å². The fourth-order valence-electron chi connectivity index (χ4n) is 20.8. The highest BCUT2D eigenvalue weighted by Crippen LogP contribution is 2.71. The van der Waals surface area contributed by atoms with Crippen LogP contribution in [0.4, 0.5) is 0 Å². The Bertz CT molecular complexity index is 2540. The van der Waals surface area contributed by atoms with Crippen LogP contribution in [-0.4, -0.2) is 113 Å². The predicted octanol–water partition coefficient (Wildman–Crippen LogP) is 10.0. The Morgan fingerprint density at radius 2 is 0.953 bits per heavy atom. The maximum atomic E-state index is 14.0. The molecule has 25 heteroatoms. The topological polar surface area (TPSA) is 341 Å². The average Bonchev–Trinajstić information content (AvgIpc) is 1.87. The van der Waals surface area contributed by atoms with E-state index in [1.807, 2.05) is 0 Å². The number of ether oxygens (including phenoxy) is 2. The number of carbonyl (C=O) groups is 4. The number of fused-ring (bicyclic) bond motifs is 10. The molecule has 8 aliphatic carbocycles. The highest BCUT2D eigenvalue weighted by molar-refractivity contribution is 7.86. The van der Waals surface area contributed by atoms with E-state index >= 15 is 0 Å². The molecule has 0 aromatic heterocycles. The van der Waals surface area contributed by atoms with E-state index in [0.717, 1.165) is 89.9 Å². The minimum atomic E-state index is -4.81. The molecule has 0 spiro atoms. The van der Waals surface area contributed by atoms with Crippen LogP contribution in [0.2, 0.25) is 0 Å². The maximum Gasteiger partial charge on any atom is 0.471 e. The molecule has 8 fully saturated rings. The van der Waals surface area contributed by atoms with Crippen molar-refractivity contribution < 1.29 is 92.3 Å². The number of Topliss-reactive ketones (excluding diaryl/α,β-unsaturated/α-hetero) is 3. The molecule has 0 aliphatic heterocycles. The number of rotatable bonds is 29. The zero-order valence-corrected chi connectivity index (χ0v) is 54.5. The molecule has 85 heavy (non-hydrogen) atoms. The summed E-state index contributed by atoms with van der Waals surface area (Å²) < 4.78 is 109. The Hall–Kier alpha value is -1.56. The van der Waals surface area contributed by atoms with Crippen molar-refractivity contribution in [3.63, 3.8) is 0 Å². The van der Waals surface area contributed by atoms with Crippen LogP contribution in [-0.2, 0) is 67.1 Å². The number of nitrogens with one attached hydrogen (secondary N) is 1. The lowest BCUT2D eigenvalue weighted by atomic mass is 9.43. The van der Waals surface area contributed by atoms with E-state index in [1.54, 1.807) is 0 Å². The van der Waals surface area contributed by atoms with Gasteiger partial charge in [0.1, 0.15) is 17.3 Å². The van der Waals surface area contributed by atoms with Gasteiger partial charge in [0.15, 0.2) is 13.6 Å². The number of carbonyl (C=O) groups excluding carboxylic acids is 4. The molecular formula is C60H101NO20P2S2. The third kappa shape index (κ3) is 16.8. The highest BCUT2D eigenvalue weighted by Gasteiger charge is 2.65. The van der Waals surface area contributed by atoms with Gasteiger partial charge in [-0.05, 0) is 227 Å². The van der Waals surface area contributed by atoms with Gasteiger partial charge in [-0.15, -0.1) is 0 Å². The van der Waals surface area contributed by atoms with Crippen LogP contribution in [0.3, 0.4) is 0 Å². The third-order valence-electron chi connectivity index (χ3n) is 24.7. The second-order valence-corrected chi connectivity index (χ2v) is 35.0. The largest absolute Gasteiger partial charge is 0.471 e. The number of phosphoric ester groups is 2. The van der Waals surface area contributed by atoms with Gasteiger partial charge in [0.2, 0.25) is 5.91 Å². The van der Waals surface area contributed by atoms with Crippen molar-refractivity contribution >= 4 is 59.1 Å². The summed E-state index contributed by atoms with van der Waals surface area (Å²) in [6, 6.07) is 0. The molecule has 1 amide bonds. The Kier molecular flexibility index (Phi) is 22.3. The van der Waals surface area contributed by atoms with Crippen LogP contribution in [0.25, 0.3) is 0 Å². The van der Waals surface area contributed by atoms with Gasteiger partial charge in [0, 0.05) is 38.6 Å². The van der Waals surface area contributed by atoms with Crippen LogP contribution in [0.1, 0.15) is 202 Å². The minimum absolute atomic E-state index is 0.0136. The zero-order valence-electron chi connectivity index (χ0n) is 51.1. The molecule has 8 aliphatic rings. The van der Waals surface area contributed by atoms with Crippen molar-refractivity contribution in [2.45, 2.75) is 214 Å².